The van der Waals surface area contributed by atoms with Crippen molar-refractivity contribution in [3.8, 4) is 0 Å². The molecule has 0 radical (unpaired) electrons. The summed E-state index contributed by atoms with van der Waals surface area (Å²) in [7, 11) is 0. The number of nitrogens with one attached hydrogen (secondary N) is 1. The van der Waals surface area contributed by atoms with Crippen molar-refractivity contribution in [1.82, 2.24) is 4.90 Å². The van der Waals surface area contributed by atoms with Gasteiger partial charge in [0.2, 0.25) is 5.91 Å². The lowest BCUT2D eigenvalue weighted by molar-refractivity contribution is -0.121. The van der Waals surface area contributed by atoms with Crippen molar-refractivity contribution < 1.29 is 4.79 Å². The van der Waals surface area contributed by atoms with E-state index in [1.165, 1.54) is 16.3 Å². The van der Waals surface area contributed by atoms with E-state index in [0.29, 0.717) is 15.7 Å². The summed E-state index contributed by atoms with van der Waals surface area (Å²) in [5.74, 6) is 0.0599. The van der Waals surface area contributed by atoms with Crippen molar-refractivity contribution in [1.29, 1.82) is 0 Å². The molecular formula is C23H22Cl2N2O. The summed E-state index contributed by atoms with van der Waals surface area (Å²) in [6.45, 7) is 2.74. The lowest BCUT2D eigenvalue weighted by Gasteiger charge is -2.31. The van der Waals surface area contributed by atoms with Crippen LogP contribution in [0.5, 0.6) is 0 Å². The Balaban J connectivity index is 1.36. The van der Waals surface area contributed by atoms with E-state index in [0.717, 1.165) is 32.5 Å². The summed E-state index contributed by atoms with van der Waals surface area (Å²) < 4.78 is 0. The van der Waals surface area contributed by atoms with Gasteiger partial charge in [-0.15, -0.1) is 0 Å². The van der Waals surface area contributed by atoms with Gasteiger partial charge in [0.15, 0.2) is 0 Å². The van der Waals surface area contributed by atoms with Crippen LogP contribution in [0.15, 0.2) is 60.7 Å². The molecule has 144 valence electrons. The van der Waals surface area contributed by atoms with Crippen LogP contribution in [-0.4, -0.2) is 23.9 Å². The molecule has 3 nitrogen and oxygen atoms in total. The smallest absolute Gasteiger partial charge is 0.227 e. The van der Waals surface area contributed by atoms with E-state index >= 15 is 0 Å². The van der Waals surface area contributed by atoms with Crippen LogP contribution in [0.25, 0.3) is 10.8 Å². The van der Waals surface area contributed by atoms with E-state index in [4.69, 9.17) is 23.2 Å². The Bertz CT molecular complexity index is 971. The number of fused-ring (bicyclic) bond motifs is 1. The van der Waals surface area contributed by atoms with Gasteiger partial charge in [-0.2, -0.15) is 0 Å². The number of hydrogen-bond acceptors (Lipinski definition) is 2. The number of halogens is 2. The topological polar surface area (TPSA) is 32.3 Å². The minimum absolute atomic E-state index is 0.0153. The lowest BCUT2D eigenvalue weighted by Crippen LogP contribution is -2.37. The molecular weight excluding hydrogens is 391 g/mol. The van der Waals surface area contributed by atoms with Crippen molar-refractivity contribution in [3.05, 3.63) is 76.3 Å². The molecule has 1 saturated heterocycles. The molecule has 28 heavy (non-hydrogen) atoms. The summed E-state index contributed by atoms with van der Waals surface area (Å²) >= 11 is 12.0. The first-order valence-electron chi connectivity index (χ1n) is 9.54. The van der Waals surface area contributed by atoms with Gasteiger partial charge in [-0.1, -0.05) is 65.7 Å². The fourth-order valence-corrected chi connectivity index (χ4v) is 4.42. The Morgan fingerprint density at radius 1 is 0.964 bits per heavy atom. The number of carbonyl (C=O) groups is 1. The summed E-state index contributed by atoms with van der Waals surface area (Å²) in [5, 5.41) is 6.58. The molecule has 5 heteroatoms. The van der Waals surface area contributed by atoms with Crippen molar-refractivity contribution in [2.45, 2.75) is 19.4 Å². The van der Waals surface area contributed by atoms with Crippen LogP contribution in [0, 0.1) is 5.92 Å². The second kappa shape index (κ2) is 8.52. The Labute approximate surface area is 175 Å². The van der Waals surface area contributed by atoms with Gasteiger partial charge in [0, 0.05) is 28.2 Å². The monoisotopic (exact) mass is 412 g/mol. The zero-order valence-corrected chi connectivity index (χ0v) is 17.0. The SMILES string of the molecule is O=C(Nc1cc(Cl)cc(Cl)c1)C1CCN(Cc2cccc3ccccc23)CC1. The molecule has 0 aromatic heterocycles. The van der Waals surface area contributed by atoms with E-state index in [1.54, 1.807) is 18.2 Å². The number of amides is 1. The van der Waals surface area contributed by atoms with Crippen LogP contribution in [0.3, 0.4) is 0 Å². The fourth-order valence-electron chi connectivity index (χ4n) is 3.89. The minimum Gasteiger partial charge on any atom is -0.326 e. The third-order valence-corrected chi connectivity index (χ3v) is 5.80. The first-order valence-corrected chi connectivity index (χ1v) is 10.3. The second-order valence-electron chi connectivity index (χ2n) is 7.34. The molecule has 1 fully saturated rings. The molecule has 0 spiro atoms. The highest BCUT2D eigenvalue weighted by molar-refractivity contribution is 6.35. The number of piperidine rings is 1. The maximum absolute atomic E-state index is 12.6. The quantitative estimate of drug-likeness (QED) is 0.569. The normalized spacial score (nSPS) is 15.6. The Morgan fingerprint density at radius 2 is 1.64 bits per heavy atom. The highest BCUT2D eigenvalue weighted by Crippen LogP contribution is 2.26. The second-order valence-corrected chi connectivity index (χ2v) is 8.21. The standard InChI is InChI=1S/C23H22Cl2N2O/c24-19-12-20(25)14-21(13-19)26-23(28)17-8-10-27(11-9-17)15-18-6-3-5-16-4-1-2-7-22(16)18/h1-7,12-14,17H,8-11,15H2,(H,26,28). The highest BCUT2D eigenvalue weighted by atomic mass is 35.5. The maximum atomic E-state index is 12.6. The van der Waals surface area contributed by atoms with Gasteiger partial charge >= 0.3 is 0 Å². The van der Waals surface area contributed by atoms with Crippen molar-refractivity contribution in [2.24, 2.45) is 5.92 Å². The van der Waals surface area contributed by atoms with Crippen LogP contribution in [0.4, 0.5) is 5.69 Å². The van der Waals surface area contributed by atoms with Crippen LogP contribution in [0.1, 0.15) is 18.4 Å². The van der Waals surface area contributed by atoms with Gasteiger partial charge in [-0.05, 0) is 60.5 Å². The molecule has 0 unspecified atom stereocenters. The lowest BCUT2D eigenvalue weighted by atomic mass is 9.95. The molecule has 3 aromatic carbocycles. The molecule has 1 N–H and O–H groups in total. The highest BCUT2D eigenvalue weighted by Gasteiger charge is 2.25. The molecule has 0 saturated carbocycles. The van der Waals surface area contributed by atoms with Gasteiger partial charge in [0.05, 0.1) is 0 Å². The summed E-state index contributed by atoms with van der Waals surface area (Å²) in [6, 6.07) is 20.1. The zero-order chi connectivity index (χ0) is 19.5. The number of rotatable bonds is 4. The van der Waals surface area contributed by atoms with Crippen LogP contribution < -0.4 is 5.32 Å². The Hall–Kier alpha value is -2.07. The number of carbonyl (C=O) groups excluding carboxylic acids is 1. The fraction of sp³-hybridized carbons (Fsp3) is 0.261. The average molecular weight is 413 g/mol. The minimum atomic E-state index is 0.0153. The van der Waals surface area contributed by atoms with E-state index in [2.05, 4.69) is 52.7 Å². The molecule has 4 rings (SSSR count). The molecule has 1 aliphatic heterocycles. The number of benzene rings is 3. The van der Waals surface area contributed by atoms with Crippen molar-refractivity contribution in [2.75, 3.05) is 18.4 Å². The molecule has 0 aliphatic carbocycles. The Kier molecular flexibility index (Phi) is 5.86. The summed E-state index contributed by atoms with van der Waals surface area (Å²) in [5.41, 5.74) is 2.00. The Morgan fingerprint density at radius 3 is 2.39 bits per heavy atom. The first-order chi connectivity index (χ1) is 13.6. The average Bonchev–Trinajstić information content (AvgIpc) is 2.68. The summed E-state index contributed by atoms with van der Waals surface area (Å²) in [4.78, 5) is 15.0. The molecule has 1 amide bonds. The molecule has 0 atom stereocenters. The molecule has 1 aliphatic rings. The summed E-state index contributed by atoms with van der Waals surface area (Å²) in [6.07, 6.45) is 1.70. The van der Waals surface area contributed by atoms with Crippen molar-refractivity contribution >= 4 is 45.6 Å². The van der Waals surface area contributed by atoms with Gasteiger partial charge in [0.25, 0.3) is 0 Å². The molecule has 1 heterocycles. The largest absolute Gasteiger partial charge is 0.326 e. The molecule has 0 bridgehead atoms. The van der Waals surface area contributed by atoms with E-state index in [9.17, 15) is 4.79 Å². The zero-order valence-electron chi connectivity index (χ0n) is 15.5. The first kappa shape index (κ1) is 19.3. The van der Waals surface area contributed by atoms with E-state index in [1.807, 2.05) is 0 Å². The van der Waals surface area contributed by atoms with Crippen LogP contribution >= 0.6 is 23.2 Å². The maximum Gasteiger partial charge on any atom is 0.227 e. The van der Waals surface area contributed by atoms with E-state index < -0.39 is 0 Å². The van der Waals surface area contributed by atoms with Gasteiger partial charge in [0.1, 0.15) is 0 Å². The predicted octanol–water partition coefficient (Wildman–Crippen LogP) is 6.00. The predicted molar refractivity (Wildman–Crippen MR) is 117 cm³/mol. The number of likely N-dealkylation sites (tertiary alicyclic amines) is 1. The number of nitrogens with zero attached hydrogens (tertiary/aromatic N) is 1. The van der Waals surface area contributed by atoms with Crippen molar-refractivity contribution in [3.63, 3.8) is 0 Å². The van der Waals surface area contributed by atoms with Crippen LogP contribution in [-0.2, 0) is 11.3 Å². The third kappa shape index (κ3) is 4.49. The van der Waals surface area contributed by atoms with Crippen LogP contribution in [0.2, 0.25) is 10.0 Å². The number of anilines is 1. The number of hydrogen-bond donors (Lipinski definition) is 1. The third-order valence-electron chi connectivity index (χ3n) is 5.36. The van der Waals surface area contributed by atoms with E-state index in [-0.39, 0.29) is 11.8 Å². The molecule has 3 aromatic rings. The van der Waals surface area contributed by atoms with Gasteiger partial charge in [-0.3, -0.25) is 9.69 Å². The van der Waals surface area contributed by atoms with Gasteiger partial charge in [-0.25, -0.2) is 0 Å². The van der Waals surface area contributed by atoms with Gasteiger partial charge < -0.3 is 5.32 Å².